The summed E-state index contributed by atoms with van der Waals surface area (Å²) in [7, 11) is 0. The molecular formula is C15H19N3. The Labute approximate surface area is 108 Å². The third kappa shape index (κ3) is 1.51. The molecule has 1 heterocycles. The fourth-order valence-electron chi connectivity index (χ4n) is 5.11. The first-order valence-corrected chi connectivity index (χ1v) is 7.25. The van der Waals surface area contributed by atoms with Crippen LogP contribution in [-0.2, 0) is 6.54 Å². The smallest absolute Gasteiger partial charge is 0.138 e. The Morgan fingerprint density at radius 1 is 1.17 bits per heavy atom. The van der Waals surface area contributed by atoms with Crippen LogP contribution in [0.1, 0.15) is 37.8 Å². The first-order valence-electron chi connectivity index (χ1n) is 7.25. The zero-order chi connectivity index (χ0) is 12.1. The highest BCUT2D eigenvalue weighted by molar-refractivity contribution is 5.18. The van der Waals surface area contributed by atoms with Gasteiger partial charge in [0.25, 0.3) is 0 Å². The van der Waals surface area contributed by atoms with Crippen LogP contribution in [0.4, 0.5) is 0 Å². The molecule has 4 aliphatic rings. The van der Waals surface area contributed by atoms with E-state index in [0.29, 0.717) is 0 Å². The van der Waals surface area contributed by atoms with E-state index < -0.39 is 0 Å². The van der Waals surface area contributed by atoms with E-state index in [2.05, 4.69) is 11.2 Å². The molecule has 3 nitrogen and oxygen atoms in total. The van der Waals surface area contributed by atoms with Crippen molar-refractivity contribution in [2.75, 3.05) is 0 Å². The third-order valence-corrected chi connectivity index (χ3v) is 5.64. The van der Waals surface area contributed by atoms with Gasteiger partial charge in [0.2, 0.25) is 0 Å². The maximum atomic E-state index is 9.08. The number of nitriles is 1. The lowest BCUT2D eigenvalue weighted by molar-refractivity contribution is -0.0443. The summed E-state index contributed by atoms with van der Waals surface area (Å²) in [6.07, 6.45) is 9.04. The largest absolute Gasteiger partial charge is 0.255 e. The van der Waals surface area contributed by atoms with Crippen molar-refractivity contribution in [3.63, 3.8) is 0 Å². The number of hydrogen-bond donors (Lipinski definition) is 0. The lowest BCUT2D eigenvalue weighted by atomic mass is 9.52. The van der Waals surface area contributed by atoms with Crippen molar-refractivity contribution in [3.8, 4) is 6.07 Å². The van der Waals surface area contributed by atoms with Crippen LogP contribution in [0.5, 0.6) is 0 Å². The Bertz CT molecular complexity index is 468. The van der Waals surface area contributed by atoms with Gasteiger partial charge in [-0.2, -0.15) is 10.4 Å². The van der Waals surface area contributed by atoms with Crippen molar-refractivity contribution in [3.05, 3.63) is 18.0 Å². The summed E-state index contributed by atoms with van der Waals surface area (Å²) in [6, 6.07) is 4.08. The molecule has 0 aromatic carbocycles. The van der Waals surface area contributed by atoms with Gasteiger partial charge >= 0.3 is 0 Å². The molecular weight excluding hydrogens is 222 g/mol. The van der Waals surface area contributed by atoms with Crippen LogP contribution < -0.4 is 0 Å². The predicted octanol–water partition coefficient (Wildman–Crippen LogP) is 2.83. The molecule has 1 aromatic rings. The molecule has 1 aromatic heterocycles. The van der Waals surface area contributed by atoms with Crippen LogP contribution in [0.2, 0.25) is 0 Å². The van der Waals surface area contributed by atoms with Crippen molar-refractivity contribution in [2.45, 2.75) is 38.6 Å². The van der Waals surface area contributed by atoms with Gasteiger partial charge in [0.05, 0.1) is 6.20 Å². The maximum Gasteiger partial charge on any atom is 0.138 e. The molecule has 18 heavy (non-hydrogen) atoms. The quantitative estimate of drug-likeness (QED) is 0.799. The number of hydrogen-bond acceptors (Lipinski definition) is 2. The average molecular weight is 241 g/mol. The molecule has 94 valence electrons. The second kappa shape index (κ2) is 3.85. The van der Waals surface area contributed by atoms with E-state index in [1.165, 1.54) is 32.1 Å². The van der Waals surface area contributed by atoms with Crippen LogP contribution in [0.3, 0.4) is 0 Å². The molecule has 0 amide bonds. The van der Waals surface area contributed by atoms with Crippen LogP contribution in [0.15, 0.2) is 12.3 Å². The van der Waals surface area contributed by atoms with Gasteiger partial charge in [-0.15, -0.1) is 0 Å². The van der Waals surface area contributed by atoms with E-state index in [9.17, 15) is 0 Å². The number of rotatable bonds is 2. The Hall–Kier alpha value is -1.30. The molecule has 4 aliphatic carbocycles. The van der Waals surface area contributed by atoms with E-state index in [-0.39, 0.29) is 0 Å². The molecule has 4 fully saturated rings. The molecule has 3 heteroatoms. The number of aromatic nitrogens is 2. The molecule has 0 saturated heterocycles. The lowest BCUT2D eigenvalue weighted by Gasteiger charge is -2.54. The van der Waals surface area contributed by atoms with E-state index in [0.717, 1.165) is 41.8 Å². The molecule has 0 atom stereocenters. The Balaban J connectivity index is 1.57. The van der Waals surface area contributed by atoms with Gasteiger partial charge in [-0.05, 0) is 67.8 Å². The summed E-state index contributed by atoms with van der Waals surface area (Å²) >= 11 is 0. The first-order chi connectivity index (χ1) is 8.83. The maximum absolute atomic E-state index is 9.08. The van der Waals surface area contributed by atoms with Crippen LogP contribution >= 0.6 is 0 Å². The van der Waals surface area contributed by atoms with E-state index >= 15 is 0 Å². The number of nitrogens with zero attached hydrogens (tertiary/aromatic N) is 3. The fourth-order valence-corrected chi connectivity index (χ4v) is 5.11. The normalized spacial score (nSPS) is 40.9. The molecule has 0 spiro atoms. The lowest BCUT2D eigenvalue weighted by Crippen LogP contribution is -2.46. The van der Waals surface area contributed by atoms with Crippen molar-refractivity contribution >= 4 is 0 Å². The summed E-state index contributed by atoms with van der Waals surface area (Å²) in [5, 5.41) is 13.4. The van der Waals surface area contributed by atoms with E-state index in [1.807, 2.05) is 10.7 Å². The van der Waals surface area contributed by atoms with Gasteiger partial charge in [-0.1, -0.05) is 0 Å². The zero-order valence-electron chi connectivity index (χ0n) is 10.6. The molecule has 4 bridgehead atoms. The van der Waals surface area contributed by atoms with Crippen LogP contribution in [-0.4, -0.2) is 9.78 Å². The predicted molar refractivity (Wildman–Crippen MR) is 67.5 cm³/mol. The fraction of sp³-hybridized carbons (Fsp3) is 0.733. The third-order valence-electron chi connectivity index (χ3n) is 5.64. The van der Waals surface area contributed by atoms with Crippen LogP contribution in [0.25, 0.3) is 0 Å². The van der Waals surface area contributed by atoms with E-state index in [4.69, 9.17) is 5.26 Å². The summed E-state index contributed by atoms with van der Waals surface area (Å²) in [4.78, 5) is 0. The highest BCUT2D eigenvalue weighted by atomic mass is 15.3. The van der Waals surface area contributed by atoms with Crippen LogP contribution in [0, 0.1) is 40.9 Å². The molecule has 0 aliphatic heterocycles. The van der Waals surface area contributed by atoms with Gasteiger partial charge in [-0.25, -0.2) is 0 Å². The zero-order valence-corrected chi connectivity index (χ0v) is 10.6. The molecule has 0 N–H and O–H groups in total. The highest BCUT2D eigenvalue weighted by Crippen LogP contribution is 2.56. The highest BCUT2D eigenvalue weighted by Gasteiger charge is 2.48. The Morgan fingerprint density at radius 2 is 1.83 bits per heavy atom. The minimum absolute atomic E-state index is 0.726. The Kier molecular flexibility index (Phi) is 2.27. The standard InChI is InChI=1S/C15H19N3/c16-8-14-1-2-17-18(14)9-15-12-4-10-3-11(6-12)7-13(15)5-10/h1-2,10-13,15H,3-7,9H2. The Morgan fingerprint density at radius 3 is 2.44 bits per heavy atom. The first kappa shape index (κ1) is 10.6. The van der Waals surface area contributed by atoms with Gasteiger partial charge in [0.15, 0.2) is 0 Å². The topological polar surface area (TPSA) is 41.6 Å². The molecule has 4 saturated carbocycles. The minimum Gasteiger partial charge on any atom is -0.255 e. The summed E-state index contributed by atoms with van der Waals surface area (Å²) in [6.45, 7) is 0.977. The SMILES string of the molecule is N#Cc1ccnn1CC1C2CC3CC(C2)CC1C3. The van der Waals surface area contributed by atoms with Crippen molar-refractivity contribution in [2.24, 2.45) is 29.6 Å². The molecule has 5 rings (SSSR count). The monoisotopic (exact) mass is 241 g/mol. The second-order valence-electron chi connectivity index (χ2n) is 6.60. The van der Waals surface area contributed by atoms with Gasteiger partial charge in [0, 0.05) is 6.54 Å². The second-order valence-corrected chi connectivity index (χ2v) is 6.60. The summed E-state index contributed by atoms with van der Waals surface area (Å²) in [5.74, 6) is 4.66. The van der Waals surface area contributed by atoms with Gasteiger partial charge < -0.3 is 0 Å². The molecule has 0 radical (unpaired) electrons. The van der Waals surface area contributed by atoms with E-state index in [1.54, 1.807) is 6.20 Å². The minimum atomic E-state index is 0.726. The van der Waals surface area contributed by atoms with Gasteiger partial charge in [0.1, 0.15) is 11.8 Å². The van der Waals surface area contributed by atoms with Gasteiger partial charge in [-0.3, -0.25) is 4.68 Å². The summed E-state index contributed by atoms with van der Waals surface area (Å²) < 4.78 is 1.94. The average Bonchev–Trinajstić information content (AvgIpc) is 2.80. The molecule has 0 unspecified atom stereocenters. The van der Waals surface area contributed by atoms with Crippen molar-refractivity contribution in [1.82, 2.24) is 9.78 Å². The van der Waals surface area contributed by atoms with Crippen molar-refractivity contribution in [1.29, 1.82) is 5.26 Å². The summed E-state index contributed by atoms with van der Waals surface area (Å²) in [5.41, 5.74) is 0.726. The van der Waals surface area contributed by atoms with Crippen molar-refractivity contribution < 1.29 is 0 Å².